The Morgan fingerprint density at radius 3 is 2.18 bits per heavy atom. The van der Waals surface area contributed by atoms with E-state index in [2.05, 4.69) is 0 Å². The van der Waals surface area contributed by atoms with Crippen molar-refractivity contribution in [3.63, 3.8) is 0 Å². The maximum atomic E-state index is 12.3. The molecule has 0 unspecified atom stereocenters. The molecule has 1 N–H and O–H groups in total. The Morgan fingerprint density at radius 2 is 1.55 bits per heavy atom. The number of benzene rings is 2. The van der Waals surface area contributed by atoms with E-state index in [-0.39, 0.29) is 11.4 Å². The van der Waals surface area contributed by atoms with Crippen LogP contribution in [0, 0.1) is 0 Å². The smallest absolute Gasteiger partial charge is 0.404 e. The fraction of sp³-hybridized carbons (Fsp3) is 0.143. The van der Waals surface area contributed by atoms with Crippen LogP contribution in [0.5, 0.6) is 11.5 Å². The molecule has 2 aromatic rings. The lowest BCUT2D eigenvalue weighted by Crippen LogP contribution is -2.27. The van der Waals surface area contributed by atoms with Crippen molar-refractivity contribution in [3.8, 4) is 11.5 Å². The van der Waals surface area contributed by atoms with Crippen molar-refractivity contribution < 1.29 is 26.3 Å². The molecule has 0 spiro atoms. The first kappa shape index (κ1) is 16.2. The van der Waals surface area contributed by atoms with Gasteiger partial charge in [0.05, 0.1) is 5.69 Å². The lowest BCUT2D eigenvalue weighted by atomic mass is 10.3. The number of sulfonamides is 1. The van der Waals surface area contributed by atoms with Crippen molar-refractivity contribution in [3.05, 3.63) is 54.6 Å². The van der Waals surface area contributed by atoms with E-state index >= 15 is 0 Å². The summed E-state index contributed by atoms with van der Waals surface area (Å²) in [7, 11) is -4.56. The van der Waals surface area contributed by atoms with Gasteiger partial charge in [-0.25, -0.2) is 8.42 Å². The molecule has 2 rings (SSSR count). The summed E-state index contributed by atoms with van der Waals surface area (Å²) in [5.74, 6) is -1.41. The average Bonchev–Trinajstić information content (AvgIpc) is 2.39. The van der Waals surface area contributed by atoms with E-state index in [1.165, 1.54) is 18.2 Å². The first-order valence-corrected chi connectivity index (χ1v) is 7.80. The van der Waals surface area contributed by atoms with Crippen LogP contribution in [-0.2, 0) is 10.0 Å². The number of anilines is 1. The predicted octanol–water partition coefficient (Wildman–Crippen LogP) is 3.78. The van der Waals surface area contributed by atoms with Gasteiger partial charge in [0.1, 0.15) is 5.75 Å². The second-order valence-electron chi connectivity index (χ2n) is 4.39. The van der Waals surface area contributed by atoms with Gasteiger partial charge < -0.3 is 4.74 Å². The van der Waals surface area contributed by atoms with Crippen LogP contribution in [-0.4, -0.2) is 20.3 Å². The maximum Gasteiger partial charge on any atom is 0.404 e. The van der Waals surface area contributed by atoms with Gasteiger partial charge in [-0.2, -0.15) is 13.2 Å². The molecule has 2 aromatic carbocycles. The van der Waals surface area contributed by atoms with Crippen molar-refractivity contribution in [1.29, 1.82) is 0 Å². The molecule has 22 heavy (non-hydrogen) atoms. The molecular formula is C14H12F3NO3S. The molecule has 8 heteroatoms. The Labute approximate surface area is 125 Å². The van der Waals surface area contributed by atoms with Crippen LogP contribution in [0.3, 0.4) is 0 Å². The second-order valence-corrected chi connectivity index (χ2v) is 6.11. The summed E-state index contributed by atoms with van der Waals surface area (Å²) in [6, 6.07) is 14.3. The Morgan fingerprint density at radius 1 is 0.955 bits per heavy atom. The van der Waals surface area contributed by atoms with Gasteiger partial charge >= 0.3 is 6.18 Å². The first-order chi connectivity index (χ1) is 10.3. The largest absolute Gasteiger partial charge is 0.455 e. The molecule has 0 radical (unpaired) electrons. The number of hydrogen-bond donors (Lipinski definition) is 1. The van der Waals surface area contributed by atoms with Gasteiger partial charge in [0.25, 0.3) is 0 Å². The average molecular weight is 331 g/mol. The summed E-state index contributed by atoms with van der Waals surface area (Å²) in [5, 5.41) is 0. The summed E-state index contributed by atoms with van der Waals surface area (Å²) in [4.78, 5) is 0. The Balaban J connectivity index is 2.22. The molecule has 0 saturated heterocycles. The number of rotatable bonds is 5. The van der Waals surface area contributed by atoms with Crippen molar-refractivity contribution in [2.75, 3.05) is 10.5 Å². The van der Waals surface area contributed by atoms with Crippen LogP contribution in [0.2, 0.25) is 0 Å². The van der Waals surface area contributed by atoms with Crippen LogP contribution in [0.4, 0.5) is 18.9 Å². The number of hydrogen-bond acceptors (Lipinski definition) is 3. The van der Waals surface area contributed by atoms with E-state index in [0.717, 1.165) is 0 Å². The summed E-state index contributed by atoms with van der Waals surface area (Å²) in [6.45, 7) is 0. The van der Waals surface area contributed by atoms with E-state index in [1.807, 2.05) is 4.72 Å². The molecule has 0 fully saturated rings. The van der Waals surface area contributed by atoms with Gasteiger partial charge in [-0.3, -0.25) is 4.72 Å². The number of halogens is 3. The third-order valence-electron chi connectivity index (χ3n) is 2.48. The van der Waals surface area contributed by atoms with E-state index < -0.39 is 22.0 Å². The quantitative estimate of drug-likeness (QED) is 0.907. The van der Waals surface area contributed by atoms with Crippen molar-refractivity contribution in [2.45, 2.75) is 6.18 Å². The third-order valence-corrected chi connectivity index (χ3v) is 3.72. The summed E-state index contributed by atoms with van der Waals surface area (Å²) < 4.78 is 67.2. The molecule has 0 atom stereocenters. The highest BCUT2D eigenvalue weighted by Gasteiger charge is 2.35. The van der Waals surface area contributed by atoms with E-state index in [9.17, 15) is 21.6 Å². The molecule has 0 aliphatic rings. The van der Waals surface area contributed by atoms with Crippen LogP contribution in [0.25, 0.3) is 0 Å². The Kier molecular flexibility index (Phi) is 4.60. The minimum absolute atomic E-state index is 0.0596. The van der Waals surface area contributed by atoms with E-state index in [1.54, 1.807) is 36.4 Å². The number of nitrogens with one attached hydrogen (secondary N) is 1. The van der Waals surface area contributed by atoms with Gasteiger partial charge in [0, 0.05) is 0 Å². The van der Waals surface area contributed by atoms with Gasteiger partial charge in [-0.15, -0.1) is 0 Å². The van der Waals surface area contributed by atoms with E-state index in [0.29, 0.717) is 5.75 Å². The zero-order chi connectivity index (χ0) is 16.2. The number of ether oxygens (including phenoxy) is 1. The fourth-order valence-corrected chi connectivity index (χ4v) is 2.68. The lowest BCUT2D eigenvalue weighted by Gasteiger charge is -2.14. The Bertz CT molecular complexity index is 730. The highest BCUT2D eigenvalue weighted by Crippen LogP contribution is 2.30. The summed E-state index contributed by atoms with van der Waals surface area (Å²) in [5.41, 5.74) is -0.0596. The normalized spacial score (nSPS) is 12.0. The van der Waals surface area contributed by atoms with E-state index in [4.69, 9.17) is 4.74 Å². The molecular weight excluding hydrogens is 319 g/mol. The van der Waals surface area contributed by atoms with Crippen LogP contribution < -0.4 is 9.46 Å². The molecule has 0 heterocycles. The zero-order valence-corrected chi connectivity index (χ0v) is 12.0. The standard InChI is InChI=1S/C14H12F3NO3S/c15-14(16,17)10-22(19,20)18-12-8-4-5-9-13(12)21-11-6-2-1-3-7-11/h1-9,18H,10H2. The highest BCUT2D eigenvalue weighted by atomic mass is 32.2. The third kappa shape index (κ3) is 4.96. The van der Waals surface area contributed by atoms with Crippen molar-refractivity contribution >= 4 is 15.7 Å². The first-order valence-electron chi connectivity index (χ1n) is 6.14. The maximum absolute atomic E-state index is 12.3. The van der Waals surface area contributed by atoms with Crippen LogP contribution in [0.1, 0.15) is 0 Å². The van der Waals surface area contributed by atoms with Gasteiger partial charge in [-0.05, 0) is 24.3 Å². The molecule has 0 aromatic heterocycles. The van der Waals surface area contributed by atoms with Crippen molar-refractivity contribution in [1.82, 2.24) is 0 Å². The predicted molar refractivity (Wildman–Crippen MR) is 76.4 cm³/mol. The van der Waals surface area contributed by atoms with Gasteiger partial charge in [-0.1, -0.05) is 30.3 Å². The molecule has 0 amide bonds. The fourth-order valence-electron chi connectivity index (χ4n) is 1.67. The topological polar surface area (TPSA) is 55.4 Å². The SMILES string of the molecule is O=S(=O)(CC(F)(F)F)Nc1ccccc1Oc1ccccc1. The molecule has 118 valence electrons. The zero-order valence-electron chi connectivity index (χ0n) is 11.2. The Hall–Kier alpha value is -2.22. The molecule has 0 aliphatic heterocycles. The van der Waals surface area contributed by atoms with Gasteiger partial charge in [0.15, 0.2) is 11.5 Å². The minimum Gasteiger partial charge on any atom is -0.455 e. The lowest BCUT2D eigenvalue weighted by molar-refractivity contribution is -0.106. The molecule has 0 bridgehead atoms. The summed E-state index contributed by atoms with van der Waals surface area (Å²) in [6.07, 6.45) is -4.82. The summed E-state index contributed by atoms with van der Waals surface area (Å²) >= 11 is 0. The van der Waals surface area contributed by atoms with Crippen LogP contribution in [0.15, 0.2) is 54.6 Å². The van der Waals surface area contributed by atoms with Gasteiger partial charge in [0.2, 0.25) is 10.0 Å². The molecule has 0 saturated carbocycles. The second kappa shape index (κ2) is 6.27. The molecule has 4 nitrogen and oxygen atoms in total. The number of alkyl halides is 3. The van der Waals surface area contributed by atoms with Crippen LogP contribution >= 0.6 is 0 Å². The monoisotopic (exact) mass is 331 g/mol. The van der Waals surface area contributed by atoms with Crippen molar-refractivity contribution in [2.24, 2.45) is 0 Å². The number of para-hydroxylation sites is 3. The highest BCUT2D eigenvalue weighted by molar-refractivity contribution is 7.92. The minimum atomic E-state index is -4.82. The molecule has 0 aliphatic carbocycles.